The summed E-state index contributed by atoms with van der Waals surface area (Å²) in [5.41, 5.74) is 0. The van der Waals surface area contributed by atoms with Gasteiger partial charge in [0.2, 0.25) is 5.91 Å². The van der Waals surface area contributed by atoms with Crippen molar-refractivity contribution in [2.24, 2.45) is 11.8 Å². The van der Waals surface area contributed by atoms with Crippen molar-refractivity contribution in [2.75, 3.05) is 14.1 Å². The van der Waals surface area contributed by atoms with E-state index in [2.05, 4.69) is 19.1 Å². The lowest BCUT2D eigenvalue weighted by atomic mass is 9.89. The summed E-state index contributed by atoms with van der Waals surface area (Å²) in [6, 6.07) is 0. The van der Waals surface area contributed by atoms with Gasteiger partial charge in [-0.1, -0.05) is 50.5 Å². The molecular formula is C23H41NO4. The van der Waals surface area contributed by atoms with Gasteiger partial charge in [0.05, 0.1) is 18.3 Å². The third-order valence-electron chi connectivity index (χ3n) is 5.66. The molecule has 0 aromatic rings. The Labute approximate surface area is 171 Å². The van der Waals surface area contributed by atoms with Gasteiger partial charge < -0.3 is 20.2 Å². The first-order valence-electron chi connectivity index (χ1n) is 10.9. The number of carbonyl (C=O) groups is 1. The fraction of sp³-hybridized carbons (Fsp3) is 0.783. The average molecular weight is 396 g/mol. The van der Waals surface area contributed by atoms with Crippen molar-refractivity contribution < 1.29 is 20.1 Å². The van der Waals surface area contributed by atoms with E-state index in [4.69, 9.17) is 0 Å². The smallest absolute Gasteiger partial charge is 0.222 e. The van der Waals surface area contributed by atoms with Crippen LogP contribution in [0, 0.1) is 11.8 Å². The van der Waals surface area contributed by atoms with Crippen LogP contribution in [0.15, 0.2) is 24.3 Å². The van der Waals surface area contributed by atoms with Crippen molar-refractivity contribution >= 4 is 5.91 Å². The van der Waals surface area contributed by atoms with E-state index in [1.165, 1.54) is 0 Å². The van der Waals surface area contributed by atoms with Gasteiger partial charge in [0, 0.05) is 32.9 Å². The predicted octanol–water partition coefficient (Wildman–Crippen LogP) is 3.44. The summed E-state index contributed by atoms with van der Waals surface area (Å²) in [5.74, 6) is 0.0393. The molecule has 0 spiro atoms. The highest BCUT2D eigenvalue weighted by molar-refractivity contribution is 5.75. The normalized spacial score (nSPS) is 26.4. The molecule has 28 heavy (non-hydrogen) atoms. The van der Waals surface area contributed by atoms with E-state index in [-0.39, 0.29) is 17.7 Å². The fourth-order valence-electron chi connectivity index (χ4n) is 3.80. The minimum atomic E-state index is -0.551. The molecule has 5 heteroatoms. The van der Waals surface area contributed by atoms with E-state index in [9.17, 15) is 20.1 Å². The lowest BCUT2D eigenvalue weighted by Crippen LogP contribution is -2.21. The minimum Gasteiger partial charge on any atom is -0.393 e. The lowest BCUT2D eigenvalue weighted by Gasteiger charge is -2.19. The Kier molecular flexibility index (Phi) is 12.4. The third kappa shape index (κ3) is 9.35. The molecule has 0 aromatic carbocycles. The number of hydrogen-bond acceptors (Lipinski definition) is 4. The van der Waals surface area contributed by atoms with Gasteiger partial charge in [0.25, 0.3) is 0 Å². The van der Waals surface area contributed by atoms with Crippen molar-refractivity contribution in [3.05, 3.63) is 24.3 Å². The Hall–Kier alpha value is -1.17. The Morgan fingerprint density at radius 1 is 1.11 bits per heavy atom. The second-order valence-electron chi connectivity index (χ2n) is 8.30. The van der Waals surface area contributed by atoms with E-state index in [1.807, 2.05) is 6.08 Å². The SMILES string of the molecule is CCCCC[C@H](O)/C=C/[C@@H]1[C@@H](C/C=C\CCCCC(=O)N(C)C)[C@@H](O)C[C@H]1O. The number of nitrogens with zero attached hydrogens (tertiary/aromatic N) is 1. The highest BCUT2D eigenvalue weighted by Crippen LogP contribution is 2.36. The minimum absolute atomic E-state index is 0.0133. The molecule has 1 amide bonds. The molecular weight excluding hydrogens is 354 g/mol. The van der Waals surface area contributed by atoms with E-state index in [0.29, 0.717) is 12.8 Å². The molecule has 0 heterocycles. The molecule has 0 unspecified atom stereocenters. The number of aliphatic hydroxyl groups excluding tert-OH is 3. The summed E-state index contributed by atoms with van der Waals surface area (Å²) < 4.78 is 0. The first-order chi connectivity index (χ1) is 13.4. The maximum absolute atomic E-state index is 11.5. The van der Waals surface area contributed by atoms with Gasteiger partial charge in [-0.3, -0.25) is 4.79 Å². The summed E-state index contributed by atoms with van der Waals surface area (Å²) in [4.78, 5) is 13.1. The molecule has 5 nitrogen and oxygen atoms in total. The van der Waals surface area contributed by atoms with Crippen molar-refractivity contribution in [3.8, 4) is 0 Å². The van der Waals surface area contributed by atoms with Gasteiger partial charge in [-0.05, 0) is 38.0 Å². The van der Waals surface area contributed by atoms with E-state index >= 15 is 0 Å². The molecule has 1 aliphatic carbocycles. The quantitative estimate of drug-likeness (QED) is 0.330. The van der Waals surface area contributed by atoms with Gasteiger partial charge in [-0.25, -0.2) is 0 Å². The van der Waals surface area contributed by atoms with Gasteiger partial charge in [-0.2, -0.15) is 0 Å². The summed E-state index contributed by atoms with van der Waals surface area (Å²) in [5, 5.41) is 30.6. The molecule has 1 fully saturated rings. The summed E-state index contributed by atoms with van der Waals surface area (Å²) >= 11 is 0. The summed E-state index contributed by atoms with van der Waals surface area (Å²) in [7, 11) is 3.55. The van der Waals surface area contributed by atoms with Crippen LogP contribution in [0.5, 0.6) is 0 Å². The second-order valence-corrected chi connectivity index (χ2v) is 8.30. The second kappa shape index (κ2) is 13.9. The Bertz CT molecular complexity index is 489. The zero-order valence-electron chi connectivity index (χ0n) is 18.0. The Morgan fingerprint density at radius 3 is 2.54 bits per heavy atom. The Morgan fingerprint density at radius 2 is 1.86 bits per heavy atom. The van der Waals surface area contributed by atoms with Crippen LogP contribution in [0.4, 0.5) is 0 Å². The molecule has 1 saturated carbocycles. The van der Waals surface area contributed by atoms with Gasteiger partial charge in [0.1, 0.15) is 0 Å². The zero-order chi connectivity index (χ0) is 20.9. The predicted molar refractivity (Wildman–Crippen MR) is 114 cm³/mol. The average Bonchev–Trinajstić information content (AvgIpc) is 2.91. The van der Waals surface area contributed by atoms with Gasteiger partial charge in [0.15, 0.2) is 0 Å². The molecule has 1 rings (SSSR count). The largest absolute Gasteiger partial charge is 0.393 e. The van der Waals surface area contributed by atoms with E-state index in [0.717, 1.165) is 51.4 Å². The number of hydrogen-bond donors (Lipinski definition) is 3. The van der Waals surface area contributed by atoms with Crippen molar-refractivity contribution in [1.82, 2.24) is 4.90 Å². The topological polar surface area (TPSA) is 81.0 Å². The number of allylic oxidation sites excluding steroid dienone is 2. The lowest BCUT2D eigenvalue weighted by molar-refractivity contribution is -0.128. The molecule has 162 valence electrons. The van der Waals surface area contributed by atoms with Crippen molar-refractivity contribution in [1.29, 1.82) is 0 Å². The molecule has 0 aliphatic heterocycles. The molecule has 0 aromatic heterocycles. The summed E-state index contributed by atoms with van der Waals surface area (Å²) in [6.45, 7) is 2.14. The number of carbonyl (C=O) groups excluding carboxylic acids is 1. The van der Waals surface area contributed by atoms with E-state index in [1.54, 1.807) is 25.1 Å². The van der Waals surface area contributed by atoms with E-state index < -0.39 is 18.3 Å². The molecule has 0 bridgehead atoms. The first-order valence-corrected chi connectivity index (χ1v) is 10.9. The number of rotatable bonds is 13. The summed E-state index contributed by atoms with van der Waals surface area (Å²) in [6.07, 6.45) is 14.8. The van der Waals surface area contributed by atoms with Crippen molar-refractivity contribution in [3.63, 3.8) is 0 Å². The molecule has 3 N–H and O–H groups in total. The highest BCUT2D eigenvalue weighted by atomic mass is 16.3. The van der Waals surface area contributed by atoms with Gasteiger partial charge >= 0.3 is 0 Å². The number of unbranched alkanes of at least 4 members (excludes halogenated alkanes) is 4. The third-order valence-corrected chi connectivity index (χ3v) is 5.66. The first kappa shape index (κ1) is 24.9. The fourth-order valence-corrected chi connectivity index (χ4v) is 3.80. The van der Waals surface area contributed by atoms with Crippen LogP contribution >= 0.6 is 0 Å². The van der Waals surface area contributed by atoms with Crippen LogP contribution < -0.4 is 0 Å². The van der Waals surface area contributed by atoms with Gasteiger partial charge in [-0.15, -0.1) is 0 Å². The van der Waals surface area contributed by atoms with Crippen molar-refractivity contribution in [2.45, 2.75) is 89.4 Å². The van der Waals surface area contributed by atoms with Crippen LogP contribution in [-0.4, -0.2) is 58.5 Å². The molecule has 1 aliphatic rings. The number of aliphatic hydroxyl groups is 3. The maximum Gasteiger partial charge on any atom is 0.222 e. The van der Waals surface area contributed by atoms with Crippen LogP contribution in [0.1, 0.15) is 71.1 Å². The monoisotopic (exact) mass is 395 g/mol. The standard InChI is InChI=1S/C23H41NO4/c1-4-5-9-12-18(25)15-16-20-19(21(26)17-22(20)27)13-10-7-6-8-11-14-23(28)24(2)3/h7,10,15-16,18-22,25-27H,4-6,8-9,11-14,17H2,1-3H3/b10-7-,16-15+/t18-,19+,20+,21-,22+/m0/s1. The number of amides is 1. The Balaban J connectivity index is 2.39. The molecule has 0 saturated heterocycles. The molecule has 0 radical (unpaired) electrons. The molecule has 5 atom stereocenters. The zero-order valence-corrected chi connectivity index (χ0v) is 18.0. The highest BCUT2D eigenvalue weighted by Gasteiger charge is 2.39. The van der Waals surface area contributed by atoms with Crippen LogP contribution in [0.2, 0.25) is 0 Å². The maximum atomic E-state index is 11.5. The van der Waals surface area contributed by atoms with Crippen LogP contribution in [0.3, 0.4) is 0 Å². The van der Waals surface area contributed by atoms with Crippen LogP contribution in [-0.2, 0) is 4.79 Å². The van der Waals surface area contributed by atoms with Crippen LogP contribution in [0.25, 0.3) is 0 Å².